The Morgan fingerprint density at radius 2 is 1.95 bits per heavy atom. The van der Waals surface area contributed by atoms with E-state index in [0.29, 0.717) is 6.42 Å². The number of halogens is 2. The second-order valence-corrected chi connectivity index (χ2v) is 4.49. The molecule has 4 nitrogen and oxygen atoms in total. The van der Waals surface area contributed by atoms with Crippen LogP contribution in [0.4, 0.5) is 8.78 Å². The van der Waals surface area contributed by atoms with Crippen molar-refractivity contribution in [2.75, 3.05) is 27.2 Å². The maximum atomic E-state index is 13.7. The fraction of sp³-hybridized carbons (Fsp3) is 0.357. The summed E-state index contributed by atoms with van der Waals surface area (Å²) in [6.07, 6.45) is 2.57. The minimum atomic E-state index is -1.19. The zero-order valence-corrected chi connectivity index (χ0v) is 11.4. The molecular formula is C14H17F2NO3. The monoisotopic (exact) mass is 285 g/mol. The van der Waals surface area contributed by atoms with E-state index in [4.69, 9.17) is 9.84 Å². The van der Waals surface area contributed by atoms with Gasteiger partial charge < -0.3 is 14.7 Å². The van der Waals surface area contributed by atoms with E-state index in [1.807, 2.05) is 19.0 Å². The van der Waals surface area contributed by atoms with Gasteiger partial charge in [-0.25, -0.2) is 13.6 Å². The highest BCUT2D eigenvalue weighted by Crippen LogP contribution is 2.24. The molecule has 1 aromatic carbocycles. The number of carboxylic acid groups (broad SMARTS) is 1. The molecule has 1 N–H and O–H groups in total. The number of carbonyl (C=O) groups is 1. The van der Waals surface area contributed by atoms with Crippen molar-refractivity contribution in [1.29, 1.82) is 0 Å². The molecule has 0 heterocycles. The first-order valence-corrected chi connectivity index (χ1v) is 6.07. The van der Waals surface area contributed by atoms with Gasteiger partial charge in [0.1, 0.15) is 0 Å². The summed E-state index contributed by atoms with van der Waals surface area (Å²) in [6.45, 7) is 0.957. The van der Waals surface area contributed by atoms with Crippen molar-refractivity contribution in [2.45, 2.75) is 6.42 Å². The Bertz CT molecular complexity index is 478. The summed E-state index contributed by atoms with van der Waals surface area (Å²) in [7, 11) is 3.79. The molecule has 20 heavy (non-hydrogen) atoms. The molecule has 0 aliphatic carbocycles. The summed E-state index contributed by atoms with van der Waals surface area (Å²) in [5.41, 5.74) is 0.128. The molecule has 0 spiro atoms. The largest absolute Gasteiger partial charge is 0.488 e. The highest BCUT2D eigenvalue weighted by Gasteiger charge is 2.12. The zero-order chi connectivity index (χ0) is 15.1. The minimum absolute atomic E-state index is 0.128. The SMILES string of the molecule is CN(C)CCCOc1c(F)cc(/C=C/C(=O)O)cc1F. The van der Waals surface area contributed by atoms with Gasteiger partial charge in [0.25, 0.3) is 0 Å². The van der Waals surface area contributed by atoms with Gasteiger partial charge in [-0.15, -0.1) is 0 Å². The second kappa shape index (κ2) is 7.59. The molecule has 0 unspecified atom stereocenters. The molecule has 1 aromatic rings. The molecule has 0 saturated carbocycles. The number of rotatable bonds is 7. The van der Waals surface area contributed by atoms with Gasteiger partial charge in [0.05, 0.1) is 6.61 Å². The van der Waals surface area contributed by atoms with Crippen LogP contribution in [-0.4, -0.2) is 43.2 Å². The normalized spacial score (nSPS) is 11.2. The lowest BCUT2D eigenvalue weighted by Crippen LogP contribution is -2.16. The smallest absolute Gasteiger partial charge is 0.328 e. The van der Waals surface area contributed by atoms with Crippen LogP contribution in [0.25, 0.3) is 6.08 Å². The molecule has 0 fully saturated rings. The van der Waals surface area contributed by atoms with E-state index >= 15 is 0 Å². The lowest BCUT2D eigenvalue weighted by Gasteiger charge is -2.11. The standard InChI is InChI=1S/C14H17F2NO3/c1-17(2)6-3-7-20-14-11(15)8-10(9-12(14)16)4-5-13(18)19/h4-5,8-9H,3,6-7H2,1-2H3,(H,18,19)/b5-4+. The molecule has 0 bridgehead atoms. The van der Waals surface area contributed by atoms with Crippen LogP contribution in [0.1, 0.15) is 12.0 Å². The molecule has 110 valence electrons. The van der Waals surface area contributed by atoms with Crippen LogP contribution in [-0.2, 0) is 4.79 Å². The maximum absolute atomic E-state index is 13.7. The molecule has 1 rings (SSSR count). The van der Waals surface area contributed by atoms with Crippen LogP contribution in [0, 0.1) is 11.6 Å². The van der Waals surface area contributed by atoms with E-state index in [1.54, 1.807) is 0 Å². The van der Waals surface area contributed by atoms with Crippen LogP contribution in [0.3, 0.4) is 0 Å². The Hall–Kier alpha value is -1.95. The number of benzene rings is 1. The van der Waals surface area contributed by atoms with E-state index in [9.17, 15) is 13.6 Å². The van der Waals surface area contributed by atoms with Crippen molar-refractivity contribution >= 4 is 12.0 Å². The number of hydrogen-bond acceptors (Lipinski definition) is 3. The van der Waals surface area contributed by atoms with Crippen molar-refractivity contribution in [3.63, 3.8) is 0 Å². The second-order valence-electron chi connectivity index (χ2n) is 4.49. The lowest BCUT2D eigenvalue weighted by molar-refractivity contribution is -0.131. The summed E-state index contributed by atoms with van der Waals surface area (Å²) in [5.74, 6) is -3.31. The predicted molar refractivity (Wildman–Crippen MR) is 71.7 cm³/mol. The summed E-state index contributed by atoms with van der Waals surface area (Å²) in [5, 5.41) is 8.45. The summed E-state index contributed by atoms with van der Waals surface area (Å²) >= 11 is 0. The van der Waals surface area contributed by atoms with Gasteiger partial charge in [-0.05, 0) is 44.3 Å². The average molecular weight is 285 g/mol. The number of aliphatic carboxylic acids is 1. The molecule has 0 aromatic heterocycles. The first-order chi connectivity index (χ1) is 9.40. The zero-order valence-electron chi connectivity index (χ0n) is 11.4. The van der Waals surface area contributed by atoms with Gasteiger partial charge >= 0.3 is 5.97 Å². The first kappa shape index (κ1) is 16.1. The van der Waals surface area contributed by atoms with Crippen molar-refractivity contribution in [3.8, 4) is 5.75 Å². The third-order valence-electron chi connectivity index (χ3n) is 2.44. The van der Waals surface area contributed by atoms with E-state index in [-0.39, 0.29) is 12.2 Å². The fourth-order valence-corrected chi connectivity index (χ4v) is 1.54. The average Bonchev–Trinajstić information content (AvgIpc) is 2.34. The topological polar surface area (TPSA) is 49.8 Å². The van der Waals surface area contributed by atoms with Gasteiger partial charge in [-0.3, -0.25) is 0 Å². The lowest BCUT2D eigenvalue weighted by atomic mass is 10.2. The molecule has 6 heteroatoms. The predicted octanol–water partition coefficient (Wildman–Crippen LogP) is 2.39. The third-order valence-corrected chi connectivity index (χ3v) is 2.44. The molecule has 0 atom stereocenters. The Morgan fingerprint density at radius 3 is 2.45 bits per heavy atom. The quantitative estimate of drug-likeness (QED) is 0.617. The molecular weight excluding hydrogens is 268 g/mol. The first-order valence-electron chi connectivity index (χ1n) is 6.07. The van der Waals surface area contributed by atoms with Crippen LogP contribution >= 0.6 is 0 Å². The third kappa shape index (κ3) is 5.36. The molecule has 0 radical (unpaired) electrons. The summed E-state index contributed by atoms with van der Waals surface area (Å²) < 4.78 is 32.4. The Labute approximate surface area is 116 Å². The van der Waals surface area contributed by atoms with Crippen molar-refractivity contribution in [3.05, 3.63) is 35.4 Å². The summed E-state index contributed by atoms with van der Waals surface area (Å²) in [6, 6.07) is 2.06. The van der Waals surface area contributed by atoms with Crippen molar-refractivity contribution in [1.82, 2.24) is 4.90 Å². The van der Waals surface area contributed by atoms with Gasteiger partial charge in [0.15, 0.2) is 17.4 Å². The van der Waals surface area contributed by atoms with Crippen LogP contribution < -0.4 is 4.74 Å². The Kier molecular flexibility index (Phi) is 6.11. The van der Waals surface area contributed by atoms with Crippen LogP contribution in [0.15, 0.2) is 18.2 Å². The number of ether oxygens (including phenoxy) is 1. The molecule has 0 saturated heterocycles. The van der Waals surface area contributed by atoms with E-state index in [2.05, 4.69) is 0 Å². The van der Waals surface area contributed by atoms with Gasteiger partial charge in [0.2, 0.25) is 0 Å². The van der Waals surface area contributed by atoms with Gasteiger partial charge in [-0.2, -0.15) is 0 Å². The summed E-state index contributed by atoms with van der Waals surface area (Å²) in [4.78, 5) is 12.3. The minimum Gasteiger partial charge on any atom is -0.488 e. The van der Waals surface area contributed by atoms with Crippen LogP contribution in [0.2, 0.25) is 0 Å². The highest BCUT2D eigenvalue weighted by molar-refractivity contribution is 5.85. The molecule has 0 aliphatic rings. The number of carboxylic acids is 1. The highest BCUT2D eigenvalue weighted by atomic mass is 19.1. The molecule has 0 amide bonds. The van der Waals surface area contributed by atoms with Gasteiger partial charge in [-0.1, -0.05) is 0 Å². The van der Waals surface area contributed by atoms with Gasteiger partial charge in [0, 0.05) is 12.6 Å². The fourth-order valence-electron chi connectivity index (χ4n) is 1.54. The Balaban J connectivity index is 2.71. The van der Waals surface area contributed by atoms with Crippen molar-refractivity contribution < 1.29 is 23.4 Å². The van der Waals surface area contributed by atoms with E-state index in [1.165, 1.54) is 0 Å². The Morgan fingerprint density at radius 1 is 1.35 bits per heavy atom. The molecule has 0 aliphatic heterocycles. The van der Waals surface area contributed by atoms with E-state index in [0.717, 1.165) is 30.8 Å². The van der Waals surface area contributed by atoms with Crippen LogP contribution in [0.5, 0.6) is 5.75 Å². The number of nitrogens with zero attached hydrogens (tertiary/aromatic N) is 1. The van der Waals surface area contributed by atoms with Crippen molar-refractivity contribution in [2.24, 2.45) is 0 Å². The van der Waals surface area contributed by atoms with E-state index < -0.39 is 23.4 Å². The maximum Gasteiger partial charge on any atom is 0.328 e. The number of hydrogen-bond donors (Lipinski definition) is 1.